The van der Waals surface area contributed by atoms with Crippen LogP contribution in [-0.4, -0.2) is 43.7 Å². The monoisotopic (exact) mass is 263 g/mol. The molecule has 1 heterocycles. The van der Waals surface area contributed by atoms with E-state index in [1.165, 1.54) is 5.56 Å². The predicted molar refractivity (Wildman–Crippen MR) is 73.3 cm³/mol. The summed E-state index contributed by atoms with van der Waals surface area (Å²) in [7, 11) is 0. The van der Waals surface area contributed by atoms with Crippen LogP contribution in [0.25, 0.3) is 0 Å². The van der Waals surface area contributed by atoms with Gasteiger partial charge in [0.1, 0.15) is 5.75 Å². The van der Waals surface area contributed by atoms with Crippen molar-refractivity contribution in [3.63, 3.8) is 0 Å². The fraction of sp³-hybridized carbons (Fsp3) is 0.533. The van der Waals surface area contributed by atoms with Crippen molar-refractivity contribution in [1.82, 2.24) is 4.90 Å². The number of benzene rings is 1. The van der Waals surface area contributed by atoms with Gasteiger partial charge >= 0.3 is 0 Å². The number of aryl methyl sites for hydroxylation is 1. The first-order chi connectivity index (χ1) is 9.25. The molecule has 1 aromatic carbocycles. The van der Waals surface area contributed by atoms with Crippen LogP contribution in [0, 0.1) is 6.92 Å². The highest BCUT2D eigenvalue weighted by atomic mass is 16.5. The average molecular weight is 263 g/mol. The number of morpholine rings is 1. The summed E-state index contributed by atoms with van der Waals surface area (Å²) in [4.78, 5) is 13.7. The molecule has 1 amide bonds. The van der Waals surface area contributed by atoms with Crippen molar-refractivity contribution in [1.29, 1.82) is 0 Å². The van der Waals surface area contributed by atoms with Crippen molar-refractivity contribution in [3.05, 3.63) is 29.8 Å². The molecule has 2 rings (SSSR count). The van der Waals surface area contributed by atoms with E-state index in [-0.39, 0.29) is 5.91 Å². The van der Waals surface area contributed by atoms with Crippen LogP contribution >= 0.6 is 0 Å². The Hall–Kier alpha value is -1.55. The molecule has 1 aliphatic rings. The summed E-state index contributed by atoms with van der Waals surface area (Å²) in [6, 6.07) is 7.96. The molecule has 0 bridgehead atoms. The summed E-state index contributed by atoms with van der Waals surface area (Å²) in [6.07, 6.45) is 1.30. The van der Waals surface area contributed by atoms with Gasteiger partial charge in [-0.1, -0.05) is 12.1 Å². The lowest BCUT2D eigenvalue weighted by atomic mass is 10.2. The molecule has 0 N–H and O–H groups in total. The van der Waals surface area contributed by atoms with Crippen LogP contribution in [-0.2, 0) is 9.53 Å². The lowest BCUT2D eigenvalue weighted by molar-refractivity contribution is -0.135. The number of rotatable bonds is 5. The van der Waals surface area contributed by atoms with Gasteiger partial charge in [-0.05, 0) is 31.0 Å². The van der Waals surface area contributed by atoms with Gasteiger partial charge in [0.25, 0.3) is 0 Å². The molecular formula is C15H21NO3. The smallest absolute Gasteiger partial charge is 0.222 e. The second-order valence-electron chi connectivity index (χ2n) is 4.76. The molecule has 0 saturated carbocycles. The number of ether oxygens (including phenoxy) is 2. The van der Waals surface area contributed by atoms with Gasteiger partial charge in [-0.2, -0.15) is 0 Å². The number of carbonyl (C=O) groups is 1. The molecule has 1 aliphatic heterocycles. The number of carbonyl (C=O) groups excluding carboxylic acids is 1. The zero-order valence-corrected chi connectivity index (χ0v) is 11.4. The summed E-state index contributed by atoms with van der Waals surface area (Å²) in [6.45, 7) is 5.38. The number of hydrogen-bond acceptors (Lipinski definition) is 3. The van der Waals surface area contributed by atoms with Crippen molar-refractivity contribution in [2.24, 2.45) is 0 Å². The highest BCUT2D eigenvalue weighted by Gasteiger charge is 2.15. The molecule has 19 heavy (non-hydrogen) atoms. The van der Waals surface area contributed by atoms with Gasteiger partial charge in [-0.3, -0.25) is 4.79 Å². The Bertz CT molecular complexity index is 414. The molecule has 4 nitrogen and oxygen atoms in total. The molecule has 0 spiro atoms. The van der Waals surface area contributed by atoms with E-state index in [1.807, 2.05) is 36.1 Å². The van der Waals surface area contributed by atoms with Crippen molar-refractivity contribution >= 4 is 5.91 Å². The van der Waals surface area contributed by atoms with Gasteiger partial charge in [0.15, 0.2) is 0 Å². The molecule has 0 atom stereocenters. The van der Waals surface area contributed by atoms with Gasteiger partial charge in [-0.25, -0.2) is 0 Å². The summed E-state index contributed by atoms with van der Waals surface area (Å²) in [5.41, 5.74) is 1.18. The van der Waals surface area contributed by atoms with E-state index in [2.05, 4.69) is 0 Å². The Balaban J connectivity index is 1.65. The quantitative estimate of drug-likeness (QED) is 0.763. The van der Waals surface area contributed by atoms with Crippen LogP contribution in [0.5, 0.6) is 5.75 Å². The fourth-order valence-corrected chi connectivity index (χ4v) is 2.09. The average Bonchev–Trinajstić information content (AvgIpc) is 2.44. The molecule has 1 saturated heterocycles. The highest BCUT2D eigenvalue weighted by Crippen LogP contribution is 2.13. The first-order valence-electron chi connectivity index (χ1n) is 6.81. The molecule has 104 valence electrons. The first-order valence-corrected chi connectivity index (χ1v) is 6.81. The van der Waals surface area contributed by atoms with Crippen LogP contribution in [0.1, 0.15) is 18.4 Å². The highest BCUT2D eigenvalue weighted by molar-refractivity contribution is 5.76. The third-order valence-corrected chi connectivity index (χ3v) is 3.16. The number of nitrogens with zero attached hydrogens (tertiary/aromatic N) is 1. The Morgan fingerprint density at radius 2 is 2.16 bits per heavy atom. The van der Waals surface area contributed by atoms with E-state index in [1.54, 1.807) is 0 Å². The zero-order chi connectivity index (χ0) is 13.5. The summed E-state index contributed by atoms with van der Waals surface area (Å²) in [5, 5.41) is 0. The number of hydrogen-bond donors (Lipinski definition) is 0. The van der Waals surface area contributed by atoms with E-state index in [0.29, 0.717) is 26.2 Å². The maximum atomic E-state index is 11.9. The molecular weight excluding hydrogens is 242 g/mol. The minimum Gasteiger partial charge on any atom is -0.494 e. The molecule has 1 fully saturated rings. The van der Waals surface area contributed by atoms with Gasteiger partial charge in [0, 0.05) is 19.5 Å². The van der Waals surface area contributed by atoms with Crippen LogP contribution in [0.2, 0.25) is 0 Å². The molecule has 0 aliphatic carbocycles. The van der Waals surface area contributed by atoms with Crippen molar-refractivity contribution in [3.8, 4) is 5.75 Å². The molecule has 4 heteroatoms. The summed E-state index contributed by atoms with van der Waals surface area (Å²) >= 11 is 0. The van der Waals surface area contributed by atoms with E-state index in [9.17, 15) is 4.79 Å². The lowest BCUT2D eigenvalue weighted by Crippen LogP contribution is -2.40. The maximum Gasteiger partial charge on any atom is 0.222 e. The fourth-order valence-electron chi connectivity index (χ4n) is 2.09. The maximum absolute atomic E-state index is 11.9. The molecule has 0 radical (unpaired) electrons. The Morgan fingerprint density at radius 1 is 1.37 bits per heavy atom. The van der Waals surface area contributed by atoms with Crippen LogP contribution in [0.15, 0.2) is 24.3 Å². The standard InChI is InChI=1S/C15H21NO3/c1-13-4-2-5-14(12-13)19-9-3-6-15(17)16-7-10-18-11-8-16/h2,4-5,12H,3,6-11H2,1H3. The zero-order valence-electron chi connectivity index (χ0n) is 11.4. The largest absolute Gasteiger partial charge is 0.494 e. The Labute approximate surface area is 114 Å². The third kappa shape index (κ3) is 4.56. The second kappa shape index (κ2) is 7.14. The SMILES string of the molecule is Cc1cccc(OCCCC(=O)N2CCOCC2)c1. The summed E-state index contributed by atoms with van der Waals surface area (Å²) in [5.74, 6) is 1.08. The Kier molecular flexibility index (Phi) is 5.21. The molecule has 1 aromatic rings. The minimum atomic E-state index is 0.205. The van der Waals surface area contributed by atoms with E-state index >= 15 is 0 Å². The van der Waals surface area contributed by atoms with Crippen LogP contribution < -0.4 is 4.74 Å². The molecule has 0 aromatic heterocycles. The van der Waals surface area contributed by atoms with Gasteiger partial charge in [0.2, 0.25) is 5.91 Å². The van der Waals surface area contributed by atoms with E-state index < -0.39 is 0 Å². The molecule has 0 unspecified atom stereocenters. The van der Waals surface area contributed by atoms with Crippen molar-refractivity contribution < 1.29 is 14.3 Å². The normalized spacial score (nSPS) is 15.3. The van der Waals surface area contributed by atoms with Crippen molar-refractivity contribution in [2.45, 2.75) is 19.8 Å². The minimum absolute atomic E-state index is 0.205. The van der Waals surface area contributed by atoms with Gasteiger partial charge < -0.3 is 14.4 Å². The third-order valence-electron chi connectivity index (χ3n) is 3.16. The van der Waals surface area contributed by atoms with Gasteiger partial charge in [0.05, 0.1) is 19.8 Å². The number of amides is 1. The van der Waals surface area contributed by atoms with E-state index in [0.717, 1.165) is 25.3 Å². The summed E-state index contributed by atoms with van der Waals surface area (Å²) < 4.78 is 10.9. The topological polar surface area (TPSA) is 38.8 Å². The Morgan fingerprint density at radius 3 is 2.89 bits per heavy atom. The van der Waals surface area contributed by atoms with E-state index in [4.69, 9.17) is 9.47 Å². The van der Waals surface area contributed by atoms with Gasteiger partial charge in [-0.15, -0.1) is 0 Å². The van der Waals surface area contributed by atoms with Crippen molar-refractivity contribution in [2.75, 3.05) is 32.9 Å². The predicted octanol–water partition coefficient (Wildman–Crippen LogP) is 2.01. The lowest BCUT2D eigenvalue weighted by Gasteiger charge is -2.26. The van der Waals surface area contributed by atoms with Crippen LogP contribution in [0.4, 0.5) is 0 Å². The first kappa shape index (κ1) is 13.9. The van der Waals surface area contributed by atoms with Crippen LogP contribution in [0.3, 0.4) is 0 Å². The second-order valence-corrected chi connectivity index (χ2v) is 4.76.